The number of nitrogens with one attached hydrogen (secondary N) is 2. The number of fused-ring (bicyclic) bond motifs is 7. The number of carbonyl (C=O) groups is 1. The van der Waals surface area contributed by atoms with Crippen LogP contribution < -0.4 is 10.6 Å². The van der Waals surface area contributed by atoms with Gasteiger partial charge in [-0.25, -0.2) is 0 Å². The largest absolute Gasteiger partial charge is 0.378 e. The molecule has 0 spiro atoms. The first-order chi connectivity index (χ1) is 15.6. The van der Waals surface area contributed by atoms with E-state index in [-0.39, 0.29) is 5.91 Å². The SMILES string of the molecule is O=C(Nc1ccc(Cl)c(Cl)c1)c1ccc2c(c1)[C@@H]1[C@H]3CC[C@@H](C3)[C@@H]1[C@@H](c1ccccc1)N2. The van der Waals surface area contributed by atoms with Crippen LogP contribution in [0.25, 0.3) is 0 Å². The van der Waals surface area contributed by atoms with Gasteiger partial charge >= 0.3 is 0 Å². The minimum Gasteiger partial charge on any atom is -0.378 e. The predicted octanol–water partition coefficient (Wildman–Crippen LogP) is 7.54. The molecule has 1 aliphatic heterocycles. The zero-order chi connectivity index (χ0) is 21.8. The molecule has 0 unspecified atom stereocenters. The van der Waals surface area contributed by atoms with Gasteiger partial charge in [0, 0.05) is 16.9 Å². The average molecular weight is 463 g/mol. The lowest BCUT2D eigenvalue weighted by Crippen LogP contribution is -2.35. The van der Waals surface area contributed by atoms with Crippen LogP contribution in [-0.2, 0) is 0 Å². The van der Waals surface area contributed by atoms with Crippen molar-refractivity contribution < 1.29 is 4.79 Å². The number of amides is 1. The second-order valence-electron chi connectivity index (χ2n) is 9.35. The smallest absolute Gasteiger partial charge is 0.255 e. The van der Waals surface area contributed by atoms with E-state index in [2.05, 4.69) is 53.1 Å². The molecule has 3 aliphatic rings. The molecule has 1 amide bonds. The molecule has 5 heteroatoms. The van der Waals surface area contributed by atoms with Gasteiger partial charge in [0.1, 0.15) is 0 Å². The van der Waals surface area contributed by atoms with Crippen molar-refractivity contribution in [3.05, 3.63) is 93.5 Å². The van der Waals surface area contributed by atoms with Gasteiger partial charge < -0.3 is 10.6 Å². The van der Waals surface area contributed by atoms with Crippen LogP contribution in [-0.4, -0.2) is 5.91 Å². The molecule has 3 aromatic rings. The van der Waals surface area contributed by atoms with Crippen LogP contribution in [0.3, 0.4) is 0 Å². The number of anilines is 2. The van der Waals surface area contributed by atoms with Gasteiger partial charge in [-0.05, 0) is 90.5 Å². The van der Waals surface area contributed by atoms with Crippen molar-refractivity contribution in [3.63, 3.8) is 0 Å². The van der Waals surface area contributed by atoms with Crippen LogP contribution in [0.4, 0.5) is 11.4 Å². The van der Waals surface area contributed by atoms with E-state index >= 15 is 0 Å². The summed E-state index contributed by atoms with van der Waals surface area (Å²) in [5.41, 5.74) is 5.15. The van der Waals surface area contributed by atoms with Crippen LogP contribution in [0.5, 0.6) is 0 Å². The van der Waals surface area contributed by atoms with Crippen LogP contribution in [0, 0.1) is 17.8 Å². The molecule has 162 valence electrons. The zero-order valence-electron chi connectivity index (χ0n) is 17.5. The van der Waals surface area contributed by atoms with Gasteiger partial charge in [0.15, 0.2) is 0 Å². The lowest BCUT2D eigenvalue weighted by Gasteiger charge is -2.43. The molecule has 2 saturated carbocycles. The Morgan fingerprint density at radius 2 is 1.72 bits per heavy atom. The fraction of sp³-hybridized carbons (Fsp3) is 0.296. The molecule has 1 heterocycles. The van der Waals surface area contributed by atoms with Gasteiger partial charge in [0.05, 0.1) is 16.1 Å². The van der Waals surface area contributed by atoms with Gasteiger partial charge in [-0.2, -0.15) is 0 Å². The van der Waals surface area contributed by atoms with Crippen molar-refractivity contribution in [1.29, 1.82) is 0 Å². The number of benzene rings is 3. The Labute approximate surface area is 198 Å². The van der Waals surface area contributed by atoms with E-state index in [1.807, 2.05) is 6.07 Å². The summed E-state index contributed by atoms with van der Waals surface area (Å²) >= 11 is 12.1. The monoisotopic (exact) mass is 462 g/mol. The van der Waals surface area contributed by atoms with E-state index in [4.69, 9.17) is 23.2 Å². The minimum absolute atomic E-state index is 0.129. The normalized spacial score (nSPS) is 27.4. The van der Waals surface area contributed by atoms with Gasteiger partial charge in [-0.1, -0.05) is 53.5 Å². The fourth-order valence-electron chi connectivity index (χ4n) is 6.39. The van der Waals surface area contributed by atoms with Crippen molar-refractivity contribution in [2.75, 3.05) is 10.6 Å². The summed E-state index contributed by atoms with van der Waals surface area (Å²) in [7, 11) is 0. The van der Waals surface area contributed by atoms with E-state index in [0.717, 1.165) is 5.92 Å². The standard InChI is InChI=1S/C27H24Cl2N2O/c28-21-10-9-19(14-22(21)29)30-27(32)18-8-11-23-20(13-18)24-16-6-7-17(12-16)25(24)26(31-23)15-4-2-1-3-5-15/h1-5,8-11,13-14,16-17,24-26,31H,6-7,12H2,(H,30,32)/t16-,17-,24-,25-,26+/m0/s1. The third kappa shape index (κ3) is 3.30. The number of rotatable bonds is 3. The molecule has 32 heavy (non-hydrogen) atoms. The first kappa shape index (κ1) is 20.1. The quantitative estimate of drug-likeness (QED) is 0.421. The highest BCUT2D eigenvalue weighted by Gasteiger charge is 2.53. The summed E-state index contributed by atoms with van der Waals surface area (Å²) in [6, 6.07) is 22.4. The first-order valence-corrected chi connectivity index (χ1v) is 12.1. The molecule has 2 N–H and O–H groups in total. The Morgan fingerprint density at radius 3 is 2.53 bits per heavy atom. The maximum absolute atomic E-state index is 13.0. The molecular formula is C27H24Cl2N2O. The molecule has 3 aromatic carbocycles. The van der Waals surface area contributed by atoms with Crippen molar-refractivity contribution in [3.8, 4) is 0 Å². The summed E-state index contributed by atoms with van der Waals surface area (Å²) in [6.07, 6.45) is 3.93. The van der Waals surface area contributed by atoms with E-state index in [1.54, 1.807) is 18.2 Å². The van der Waals surface area contributed by atoms with Gasteiger partial charge in [-0.15, -0.1) is 0 Å². The molecule has 0 aromatic heterocycles. The molecule has 5 atom stereocenters. The lowest BCUT2D eigenvalue weighted by molar-refractivity contribution is 0.102. The Balaban J connectivity index is 1.34. The highest BCUT2D eigenvalue weighted by Crippen LogP contribution is 2.63. The third-order valence-electron chi connectivity index (χ3n) is 7.69. The molecule has 0 saturated heterocycles. The van der Waals surface area contributed by atoms with Gasteiger partial charge in [-0.3, -0.25) is 4.79 Å². The van der Waals surface area contributed by atoms with E-state index < -0.39 is 0 Å². The Morgan fingerprint density at radius 1 is 0.906 bits per heavy atom. The second kappa shape index (κ2) is 7.83. The molecule has 6 rings (SSSR count). The second-order valence-corrected chi connectivity index (χ2v) is 10.2. The molecule has 3 nitrogen and oxygen atoms in total. The highest BCUT2D eigenvalue weighted by molar-refractivity contribution is 6.42. The van der Waals surface area contributed by atoms with E-state index in [9.17, 15) is 4.79 Å². The lowest BCUT2D eigenvalue weighted by atomic mass is 9.68. The number of carbonyl (C=O) groups excluding carboxylic acids is 1. The maximum atomic E-state index is 13.0. The van der Waals surface area contributed by atoms with E-state index in [1.165, 1.54) is 36.1 Å². The van der Waals surface area contributed by atoms with Crippen LogP contribution in [0.1, 0.15) is 52.7 Å². The molecule has 2 aliphatic carbocycles. The maximum Gasteiger partial charge on any atom is 0.255 e. The highest BCUT2D eigenvalue weighted by atomic mass is 35.5. The van der Waals surface area contributed by atoms with Crippen molar-refractivity contribution in [1.82, 2.24) is 0 Å². The molecule has 0 radical (unpaired) electrons. The molecule has 2 bridgehead atoms. The molecular weight excluding hydrogens is 439 g/mol. The predicted molar refractivity (Wildman–Crippen MR) is 131 cm³/mol. The van der Waals surface area contributed by atoms with Crippen LogP contribution in [0.15, 0.2) is 66.7 Å². The van der Waals surface area contributed by atoms with Crippen molar-refractivity contribution in [2.24, 2.45) is 17.8 Å². The summed E-state index contributed by atoms with van der Waals surface area (Å²) < 4.78 is 0. The Kier molecular flexibility index (Phi) is 4.93. The summed E-state index contributed by atoms with van der Waals surface area (Å²) in [6.45, 7) is 0. The first-order valence-electron chi connectivity index (χ1n) is 11.3. The van der Waals surface area contributed by atoms with Crippen LogP contribution in [0.2, 0.25) is 10.0 Å². The molecule has 2 fully saturated rings. The van der Waals surface area contributed by atoms with E-state index in [0.29, 0.717) is 45.1 Å². The fourth-order valence-corrected chi connectivity index (χ4v) is 6.69. The summed E-state index contributed by atoms with van der Waals surface area (Å²) in [5.74, 6) is 2.43. The Bertz CT molecular complexity index is 1200. The summed E-state index contributed by atoms with van der Waals surface area (Å²) in [4.78, 5) is 13.0. The van der Waals surface area contributed by atoms with Crippen molar-refractivity contribution in [2.45, 2.75) is 31.2 Å². The minimum atomic E-state index is -0.129. The third-order valence-corrected chi connectivity index (χ3v) is 8.42. The average Bonchev–Trinajstić information content (AvgIpc) is 3.44. The number of halogens is 2. The topological polar surface area (TPSA) is 41.1 Å². The van der Waals surface area contributed by atoms with Crippen LogP contribution >= 0.6 is 23.2 Å². The number of hydrogen-bond acceptors (Lipinski definition) is 2. The zero-order valence-corrected chi connectivity index (χ0v) is 19.0. The van der Waals surface area contributed by atoms with Gasteiger partial charge in [0.2, 0.25) is 0 Å². The van der Waals surface area contributed by atoms with Gasteiger partial charge in [0.25, 0.3) is 5.91 Å². The number of hydrogen-bond donors (Lipinski definition) is 2. The Hall–Kier alpha value is -2.49. The van der Waals surface area contributed by atoms with Crippen molar-refractivity contribution >= 4 is 40.5 Å². The summed E-state index contributed by atoms with van der Waals surface area (Å²) in [5, 5.41) is 7.69.